The summed E-state index contributed by atoms with van der Waals surface area (Å²) in [6, 6.07) is 73.5. The summed E-state index contributed by atoms with van der Waals surface area (Å²) in [5.74, 6) is 0. The number of benzene rings is 9. The fourth-order valence-electron chi connectivity index (χ4n) is 8.22. The lowest BCUT2D eigenvalue weighted by molar-refractivity contribution is 1.28. The van der Waals surface area contributed by atoms with Crippen molar-refractivity contribution in [3.05, 3.63) is 200 Å². The lowest BCUT2D eigenvalue weighted by atomic mass is 9.95. The van der Waals surface area contributed by atoms with Crippen LogP contribution in [0.3, 0.4) is 0 Å². The van der Waals surface area contributed by atoms with Crippen LogP contribution in [0.2, 0.25) is 0 Å². The number of anilines is 3. The first-order valence-electron chi connectivity index (χ1n) is 18.7. The van der Waals surface area contributed by atoms with Gasteiger partial charge in [-0.25, -0.2) is 0 Å². The van der Waals surface area contributed by atoms with Crippen molar-refractivity contribution in [2.45, 2.75) is 0 Å². The van der Waals surface area contributed by atoms with E-state index in [9.17, 15) is 0 Å². The van der Waals surface area contributed by atoms with Gasteiger partial charge in [0.15, 0.2) is 0 Å². The molecule has 0 radical (unpaired) electrons. The predicted molar refractivity (Wildman–Crippen MR) is 241 cm³/mol. The van der Waals surface area contributed by atoms with E-state index in [4.69, 9.17) is 0 Å². The van der Waals surface area contributed by atoms with Crippen LogP contribution in [0.4, 0.5) is 17.1 Å². The topological polar surface area (TPSA) is 3.24 Å². The highest BCUT2D eigenvalue weighted by Gasteiger charge is 2.19. The van der Waals surface area contributed by atoms with Crippen LogP contribution in [-0.2, 0) is 0 Å². The fraction of sp³-hybridized carbons (Fsp3) is 0. The molecule has 0 unspecified atom stereocenters. The van der Waals surface area contributed by atoms with E-state index >= 15 is 0 Å². The molecular formula is C52H33NS2. The molecule has 0 bridgehead atoms. The molecule has 3 heteroatoms. The minimum absolute atomic E-state index is 1.11. The number of hydrogen-bond acceptors (Lipinski definition) is 3. The zero-order chi connectivity index (χ0) is 36.3. The Morgan fingerprint density at radius 3 is 1.53 bits per heavy atom. The van der Waals surface area contributed by atoms with Crippen molar-refractivity contribution in [3.8, 4) is 33.4 Å². The molecule has 0 aliphatic heterocycles. The Hall–Kier alpha value is -6.52. The summed E-state index contributed by atoms with van der Waals surface area (Å²) < 4.78 is 5.30. The minimum atomic E-state index is 1.11. The van der Waals surface area contributed by atoms with Crippen LogP contribution in [0, 0.1) is 0 Å². The normalized spacial score (nSPS) is 11.6. The molecule has 2 heterocycles. The van der Waals surface area contributed by atoms with E-state index in [-0.39, 0.29) is 0 Å². The Balaban J connectivity index is 1.07. The third-order valence-corrected chi connectivity index (χ3v) is 13.2. The van der Waals surface area contributed by atoms with Gasteiger partial charge in [-0.15, -0.1) is 22.7 Å². The van der Waals surface area contributed by atoms with E-state index in [1.165, 1.54) is 84.5 Å². The van der Waals surface area contributed by atoms with Crippen LogP contribution in [0.15, 0.2) is 200 Å². The molecule has 0 atom stereocenters. The average Bonchev–Trinajstić information content (AvgIpc) is 3.82. The Morgan fingerprint density at radius 2 is 0.800 bits per heavy atom. The summed E-state index contributed by atoms with van der Waals surface area (Å²) in [4.78, 5) is 2.43. The van der Waals surface area contributed by atoms with E-state index in [1.807, 2.05) is 22.7 Å². The van der Waals surface area contributed by atoms with Gasteiger partial charge >= 0.3 is 0 Å². The van der Waals surface area contributed by atoms with Gasteiger partial charge in [0.1, 0.15) is 0 Å². The molecule has 1 nitrogen and oxygen atoms in total. The van der Waals surface area contributed by atoms with Crippen molar-refractivity contribution >= 4 is 90.9 Å². The van der Waals surface area contributed by atoms with Crippen molar-refractivity contribution in [3.63, 3.8) is 0 Å². The Kier molecular flexibility index (Phi) is 7.61. The zero-order valence-corrected chi connectivity index (χ0v) is 31.4. The minimum Gasteiger partial charge on any atom is -0.310 e. The largest absolute Gasteiger partial charge is 0.310 e. The summed E-state index contributed by atoms with van der Waals surface area (Å²) in [6.45, 7) is 0. The first-order valence-corrected chi connectivity index (χ1v) is 20.3. The highest BCUT2D eigenvalue weighted by molar-refractivity contribution is 7.26. The molecule has 0 aliphatic carbocycles. The number of rotatable bonds is 6. The quantitative estimate of drug-likeness (QED) is 0.164. The second kappa shape index (κ2) is 13.1. The highest BCUT2D eigenvalue weighted by Crippen LogP contribution is 2.45. The molecule has 0 saturated heterocycles. The van der Waals surface area contributed by atoms with Crippen LogP contribution in [-0.4, -0.2) is 0 Å². The number of fused-ring (bicyclic) bond motifs is 7. The molecule has 0 fully saturated rings. The van der Waals surface area contributed by atoms with E-state index in [1.54, 1.807) is 0 Å². The maximum atomic E-state index is 2.43. The van der Waals surface area contributed by atoms with Gasteiger partial charge in [-0.3, -0.25) is 0 Å². The lowest BCUT2D eigenvalue weighted by Gasteiger charge is -2.29. The zero-order valence-electron chi connectivity index (χ0n) is 29.8. The number of hydrogen-bond donors (Lipinski definition) is 0. The third kappa shape index (κ3) is 5.51. The predicted octanol–water partition coefficient (Wildman–Crippen LogP) is 16.0. The van der Waals surface area contributed by atoms with Crippen molar-refractivity contribution < 1.29 is 0 Å². The number of thiophene rings is 2. The summed E-state index contributed by atoms with van der Waals surface area (Å²) in [6.07, 6.45) is 0. The van der Waals surface area contributed by atoms with Gasteiger partial charge in [0, 0.05) is 57.3 Å². The molecule has 0 saturated carbocycles. The van der Waals surface area contributed by atoms with Crippen molar-refractivity contribution in [2.75, 3.05) is 4.90 Å². The van der Waals surface area contributed by atoms with Crippen molar-refractivity contribution in [1.82, 2.24) is 0 Å². The van der Waals surface area contributed by atoms with Crippen LogP contribution in [0.1, 0.15) is 0 Å². The third-order valence-electron chi connectivity index (χ3n) is 10.9. The number of para-hydroxylation sites is 1. The van der Waals surface area contributed by atoms with Crippen LogP contribution < -0.4 is 4.90 Å². The van der Waals surface area contributed by atoms with Gasteiger partial charge in [0.25, 0.3) is 0 Å². The molecule has 9 aromatic carbocycles. The molecule has 0 N–H and O–H groups in total. The van der Waals surface area contributed by atoms with Crippen molar-refractivity contribution in [2.24, 2.45) is 0 Å². The molecule has 0 spiro atoms. The van der Waals surface area contributed by atoms with Gasteiger partial charge in [-0.05, 0) is 105 Å². The molecule has 0 amide bonds. The van der Waals surface area contributed by atoms with Gasteiger partial charge in [-0.1, -0.05) is 133 Å². The van der Waals surface area contributed by atoms with E-state index in [2.05, 4.69) is 205 Å². The Bertz CT molecular complexity index is 3220. The fourth-order valence-corrected chi connectivity index (χ4v) is 10.4. The van der Waals surface area contributed by atoms with E-state index in [0.717, 1.165) is 17.1 Å². The van der Waals surface area contributed by atoms with E-state index < -0.39 is 0 Å². The van der Waals surface area contributed by atoms with Gasteiger partial charge in [0.05, 0.1) is 5.69 Å². The SMILES string of the molecule is c1cc(-c2ccc3sc4ccccc4c3c2)cc(N(c2ccc(-c3ccc4sc5ccccc5c4c3)cc2)c2ccccc2-c2cccc3ccccc23)c1. The summed E-state index contributed by atoms with van der Waals surface area (Å²) in [7, 11) is 0. The van der Waals surface area contributed by atoms with Crippen LogP contribution >= 0.6 is 22.7 Å². The molecule has 11 rings (SSSR count). The molecule has 258 valence electrons. The summed E-state index contributed by atoms with van der Waals surface area (Å²) >= 11 is 3.72. The van der Waals surface area contributed by atoms with E-state index in [0.29, 0.717) is 0 Å². The first-order chi connectivity index (χ1) is 27.2. The van der Waals surface area contributed by atoms with Crippen LogP contribution in [0.5, 0.6) is 0 Å². The average molecular weight is 736 g/mol. The molecule has 55 heavy (non-hydrogen) atoms. The summed E-state index contributed by atoms with van der Waals surface area (Å²) in [5.41, 5.74) is 10.6. The Labute approximate surface area is 327 Å². The molecule has 0 aliphatic rings. The maximum Gasteiger partial charge on any atom is 0.0540 e. The lowest BCUT2D eigenvalue weighted by Crippen LogP contribution is -2.11. The highest BCUT2D eigenvalue weighted by atomic mass is 32.1. The molecular weight excluding hydrogens is 703 g/mol. The van der Waals surface area contributed by atoms with Gasteiger partial charge in [-0.2, -0.15) is 0 Å². The number of nitrogens with zero attached hydrogens (tertiary/aromatic N) is 1. The van der Waals surface area contributed by atoms with Crippen molar-refractivity contribution in [1.29, 1.82) is 0 Å². The smallest absolute Gasteiger partial charge is 0.0540 e. The molecule has 11 aromatic rings. The van der Waals surface area contributed by atoms with Gasteiger partial charge < -0.3 is 4.90 Å². The first kappa shape index (κ1) is 32.0. The summed E-state index contributed by atoms with van der Waals surface area (Å²) in [5, 5.41) is 7.75. The second-order valence-corrected chi connectivity index (χ2v) is 16.3. The standard InChI is InChI=1S/C52H33NS2/c1-2-15-41-35(11-1)12-10-19-42(41)43-16-3-6-20-48(43)53(39-27-23-34(24-28-39)37-25-29-51-46(32-37)44-17-4-7-21-49(44)54-51)40-14-9-13-36(31-40)38-26-30-52-47(33-38)45-18-5-8-22-50(45)55-52/h1-33H. The second-order valence-electron chi connectivity index (χ2n) is 14.1. The maximum absolute atomic E-state index is 2.43. The monoisotopic (exact) mass is 735 g/mol. The van der Waals surface area contributed by atoms with Gasteiger partial charge in [0.2, 0.25) is 0 Å². The Morgan fingerprint density at radius 1 is 0.291 bits per heavy atom. The molecule has 2 aromatic heterocycles. The van der Waals surface area contributed by atoms with Crippen LogP contribution in [0.25, 0.3) is 84.5 Å².